The van der Waals surface area contributed by atoms with Crippen LogP contribution in [0, 0.1) is 11.8 Å². The number of halogens is 4. The van der Waals surface area contributed by atoms with Crippen molar-refractivity contribution in [3.8, 4) is 11.5 Å². The zero-order valence-electron chi connectivity index (χ0n) is 16.0. The van der Waals surface area contributed by atoms with Gasteiger partial charge in [0.2, 0.25) is 0 Å². The lowest BCUT2D eigenvalue weighted by atomic mass is 9.84. The second-order valence-corrected chi connectivity index (χ2v) is 8.03. The molecule has 1 N–H and O–H groups in total. The van der Waals surface area contributed by atoms with Gasteiger partial charge >= 0.3 is 6.18 Å². The number of aliphatic hydroxyl groups is 1. The quantitative estimate of drug-likeness (QED) is 0.569. The lowest BCUT2D eigenvalue weighted by Crippen LogP contribution is -2.37. The van der Waals surface area contributed by atoms with Crippen molar-refractivity contribution < 1.29 is 23.0 Å². The van der Waals surface area contributed by atoms with Crippen LogP contribution in [0.15, 0.2) is 55.1 Å². The van der Waals surface area contributed by atoms with Crippen LogP contribution in [0.3, 0.4) is 0 Å². The third kappa shape index (κ3) is 4.15. The number of aromatic nitrogens is 3. The van der Waals surface area contributed by atoms with E-state index in [0.29, 0.717) is 17.2 Å². The van der Waals surface area contributed by atoms with Gasteiger partial charge in [0, 0.05) is 5.02 Å². The first-order valence-corrected chi connectivity index (χ1v) is 9.74. The second-order valence-electron chi connectivity index (χ2n) is 7.60. The molecule has 0 radical (unpaired) electrons. The topological polar surface area (TPSA) is 60.2 Å². The Morgan fingerprint density at radius 2 is 1.80 bits per heavy atom. The minimum absolute atomic E-state index is 0.0142. The molecule has 0 saturated heterocycles. The monoisotopic (exact) mass is 437 g/mol. The number of rotatable bonds is 6. The molecule has 2 aromatic carbocycles. The van der Waals surface area contributed by atoms with Crippen molar-refractivity contribution in [3.05, 3.63) is 71.3 Å². The Balaban J connectivity index is 1.74. The molecule has 0 bridgehead atoms. The van der Waals surface area contributed by atoms with Crippen LogP contribution in [-0.4, -0.2) is 19.9 Å². The highest BCUT2D eigenvalue weighted by molar-refractivity contribution is 6.30. The van der Waals surface area contributed by atoms with E-state index in [4.69, 9.17) is 16.3 Å². The van der Waals surface area contributed by atoms with Crippen molar-refractivity contribution in [2.24, 2.45) is 11.8 Å². The van der Waals surface area contributed by atoms with Gasteiger partial charge in [-0.3, -0.25) is 0 Å². The van der Waals surface area contributed by atoms with E-state index >= 15 is 0 Å². The average molecular weight is 438 g/mol. The highest BCUT2D eigenvalue weighted by Gasteiger charge is 2.53. The Morgan fingerprint density at radius 1 is 1.13 bits per heavy atom. The minimum atomic E-state index is -4.68. The lowest BCUT2D eigenvalue weighted by Gasteiger charge is -2.32. The molecule has 0 spiro atoms. The SMILES string of the molecule is CC1CC1C(O)(Cn1cncn1)c1ccc(Oc2ccc(Cl)cc2)cc1C(F)(F)F. The van der Waals surface area contributed by atoms with Crippen molar-refractivity contribution >= 4 is 11.6 Å². The van der Waals surface area contributed by atoms with E-state index in [2.05, 4.69) is 10.1 Å². The fourth-order valence-corrected chi connectivity index (χ4v) is 3.91. The summed E-state index contributed by atoms with van der Waals surface area (Å²) in [6.07, 6.45) is -1.39. The van der Waals surface area contributed by atoms with E-state index in [1.165, 1.54) is 29.5 Å². The Morgan fingerprint density at radius 3 is 2.37 bits per heavy atom. The molecule has 3 aromatic rings. The maximum atomic E-state index is 14.0. The number of hydrogen-bond acceptors (Lipinski definition) is 4. The van der Waals surface area contributed by atoms with Gasteiger partial charge in [-0.15, -0.1) is 0 Å². The molecule has 0 amide bonds. The van der Waals surface area contributed by atoms with Crippen molar-refractivity contribution in [2.75, 3.05) is 0 Å². The van der Waals surface area contributed by atoms with Crippen LogP contribution < -0.4 is 4.74 Å². The van der Waals surface area contributed by atoms with Crippen molar-refractivity contribution in [1.29, 1.82) is 0 Å². The predicted octanol–water partition coefficient (Wildman–Crippen LogP) is 5.29. The van der Waals surface area contributed by atoms with Crippen molar-refractivity contribution in [3.63, 3.8) is 0 Å². The molecule has 1 heterocycles. The van der Waals surface area contributed by atoms with Gasteiger partial charge in [0.05, 0.1) is 12.1 Å². The molecule has 0 aliphatic heterocycles. The van der Waals surface area contributed by atoms with Crippen LogP contribution in [-0.2, 0) is 18.3 Å². The fraction of sp³-hybridized carbons (Fsp3) is 0.333. The maximum absolute atomic E-state index is 14.0. The highest BCUT2D eigenvalue weighted by Crippen LogP contribution is 2.54. The molecule has 30 heavy (non-hydrogen) atoms. The lowest BCUT2D eigenvalue weighted by molar-refractivity contribution is -0.142. The summed E-state index contributed by atoms with van der Waals surface area (Å²) in [4.78, 5) is 3.83. The molecule has 9 heteroatoms. The summed E-state index contributed by atoms with van der Waals surface area (Å²) >= 11 is 5.83. The molecule has 1 aromatic heterocycles. The maximum Gasteiger partial charge on any atom is 0.416 e. The molecular weight excluding hydrogens is 419 g/mol. The molecule has 3 unspecified atom stereocenters. The van der Waals surface area contributed by atoms with E-state index in [-0.39, 0.29) is 29.7 Å². The zero-order valence-corrected chi connectivity index (χ0v) is 16.7. The minimum Gasteiger partial charge on any atom is -0.457 e. The van der Waals surface area contributed by atoms with Gasteiger partial charge in [-0.05, 0) is 60.2 Å². The summed E-state index contributed by atoms with van der Waals surface area (Å²) < 4.78 is 48.9. The fourth-order valence-electron chi connectivity index (χ4n) is 3.79. The average Bonchev–Trinajstić information content (AvgIpc) is 3.22. The van der Waals surface area contributed by atoms with Gasteiger partial charge in [-0.1, -0.05) is 24.6 Å². The number of nitrogens with zero attached hydrogens (tertiary/aromatic N) is 3. The smallest absolute Gasteiger partial charge is 0.416 e. The van der Waals surface area contributed by atoms with Gasteiger partial charge < -0.3 is 9.84 Å². The van der Waals surface area contributed by atoms with E-state index in [0.717, 1.165) is 6.07 Å². The largest absolute Gasteiger partial charge is 0.457 e. The Kier molecular flexibility index (Phi) is 5.23. The number of alkyl halides is 3. The summed E-state index contributed by atoms with van der Waals surface area (Å²) in [6.45, 7) is 1.78. The molecule has 1 fully saturated rings. The summed E-state index contributed by atoms with van der Waals surface area (Å²) in [6, 6.07) is 9.94. The normalized spacial score (nSPS) is 20.6. The Hall–Kier alpha value is -2.58. The van der Waals surface area contributed by atoms with Crippen LogP contribution in [0.2, 0.25) is 5.02 Å². The van der Waals surface area contributed by atoms with Crippen molar-refractivity contribution in [2.45, 2.75) is 31.7 Å². The summed E-state index contributed by atoms with van der Waals surface area (Å²) in [5.41, 5.74) is -2.87. The number of benzene rings is 2. The first-order chi connectivity index (χ1) is 14.2. The van der Waals surface area contributed by atoms with E-state index in [1.54, 1.807) is 24.3 Å². The molecule has 4 rings (SSSR count). The second kappa shape index (κ2) is 7.59. The van der Waals surface area contributed by atoms with E-state index in [9.17, 15) is 18.3 Å². The third-order valence-corrected chi connectivity index (χ3v) is 5.66. The first kappa shape index (κ1) is 20.7. The third-order valence-electron chi connectivity index (χ3n) is 5.40. The van der Waals surface area contributed by atoms with Gasteiger partial charge in [0.1, 0.15) is 29.8 Å². The Labute approximate surface area is 176 Å². The standard InChI is InChI=1S/C21H19ClF3N3O2/c1-13-8-18(13)20(29,10-28-12-26-11-27-28)17-7-6-16(9-19(17)21(23,24)25)30-15-4-2-14(22)3-5-15/h2-7,9,11-13,18,29H,8,10H2,1H3. The van der Waals surface area contributed by atoms with Crippen molar-refractivity contribution in [1.82, 2.24) is 14.8 Å². The molecule has 1 saturated carbocycles. The number of hydrogen-bond donors (Lipinski definition) is 1. The van der Waals surface area contributed by atoms with Crippen LogP contribution in [0.4, 0.5) is 13.2 Å². The Bertz CT molecular complexity index is 1020. The van der Waals surface area contributed by atoms with Crippen LogP contribution >= 0.6 is 11.6 Å². The van der Waals surface area contributed by atoms with Crippen LogP contribution in [0.5, 0.6) is 11.5 Å². The van der Waals surface area contributed by atoms with Gasteiger partial charge in [0.15, 0.2) is 0 Å². The molecule has 1 aliphatic rings. The highest BCUT2D eigenvalue weighted by atomic mass is 35.5. The molecule has 5 nitrogen and oxygen atoms in total. The predicted molar refractivity (Wildman–Crippen MR) is 104 cm³/mol. The summed E-state index contributed by atoms with van der Waals surface area (Å²) in [7, 11) is 0. The molecule has 1 aliphatic carbocycles. The molecule has 3 atom stereocenters. The summed E-state index contributed by atoms with van der Waals surface area (Å²) in [5.74, 6) is 0.157. The first-order valence-electron chi connectivity index (χ1n) is 9.37. The van der Waals surface area contributed by atoms with Gasteiger partial charge in [-0.2, -0.15) is 18.3 Å². The zero-order chi connectivity index (χ0) is 21.5. The van der Waals surface area contributed by atoms with Crippen LogP contribution in [0.25, 0.3) is 0 Å². The van der Waals surface area contributed by atoms with E-state index in [1.807, 2.05) is 6.92 Å². The molecular formula is C21H19ClF3N3O2. The number of ether oxygens (including phenoxy) is 1. The molecule has 158 valence electrons. The summed E-state index contributed by atoms with van der Waals surface area (Å²) in [5, 5.41) is 15.9. The van der Waals surface area contributed by atoms with E-state index < -0.39 is 17.3 Å². The van der Waals surface area contributed by atoms with Gasteiger partial charge in [-0.25, -0.2) is 9.67 Å². The van der Waals surface area contributed by atoms with Gasteiger partial charge in [0.25, 0.3) is 0 Å². The van der Waals surface area contributed by atoms with Crippen LogP contribution in [0.1, 0.15) is 24.5 Å².